The third kappa shape index (κ3) is 7.78. The fourth-order valence-corrected chi connectivity index (χ4v) is 3.53. The molecule has 0 atom stereocenters. The van der Waals surface area contributed by atoms with Crippen LogP contribution >= 0.6 is 15.9 Å². The largest absolute Gasteiger partial charge is 0.483 e. The van der Waals surface area contributed by atoms with Crippen LogP contribution in [0.25, 0.3) is 0 Å². The van der Waals surface area contributed by atoms with E-state index in [4.69, 9.17) is 4.74 Å². The van der Waals surface area contributed by atoms with E-state index < -0.39 is 11.8 Å². The average molecular weight is 551 g/mol. The first-order chi connectivity index (χ1) is 17.2. The van der Waals surface area contributed by atoms with Gasteiger partial charge in [-0.15, -0.1) is 0 Å². The highest BCUT2D eigenvalue weighted by atomic mass is 79.9. The van der Waals surface area contributed by atoms with Gasteiger partial charge in [-0.25, -0.2) is 5.43 Å². The number of nitrogens with one attached hydrogen (secondary N) is 3. The van der Waals surface area contributed by atoms with E-state index in [0.29, 0.717) is 11.3 Å². The molecule has 186 valence electrons. The second kappa shape index (κ2) is 12.6. The summed E-state index contributed by atoms with van der Waals surface area (Å²) in [5.41, 5.74) is 7.48. The third-order valence-corrected chi connectivity index (χ3v) is 5.85. The van der Waals surface area contributed by atoms with Crippen molar-refractivity contribution < 1.29 is 19.1 Å². The normalized spacial score (nSPS) is 10.7. The molecule has 0 aliphatic heterocycles. The van der Waals surface area contributed by atoms with E-state index >= 15 is 0 Å². The standard InChI is InChI=1S/C27H27BrN4O4/c1-17-7-9-20(10-8-17)14-29-26(34)27(35)32-30-15-21-13-22(28)11-12-24(21)36-16-25(33)31-23-6-4-5-18(2)19(23)3/h4-13,15H,14,16H2,1-3H3,(H,29,34)(H,31,33)(H,32,35)/b30-15-. The number of nitrogens with zero attached hydrogens (tertiary/aromatic N) is 1. The fraction of sp³-hybridized carbons (Fsp3) is 0.185. The number of carbonyl (C=O) groups is 3. The first-order valence-electron chi connectivity index (χ1n) is 11.2. The number of hydrogen-bond donors (Lipinski definition) is 3. The van der Waals surface area contributed by atoms with Crippen molar-refractivity contribution in [2.75, 3.05) is 11.9 Å². The number of aryl methyl sites for hydroxylation is 2. The van der Waals surface area contributed by atoms with Gasteiger partial charge in [0.1, 0.15) is 5.75 Å². The summed E-state index contributed by atoms with van der Waals surface area (Å²) in [6.45, 7) is 5.89. The Morgan fingerprint density at radius 1 is 0.972 bits per heavy atom. The average Bonchev–Trinajstić information content (AvgIpc) is 2.85. The first-order valence-corrected chi connectivity index (χ1v) is 12.0. The van der Waals surface area contributed by atoms with E-state index in [9.17, 15) is 14.4 Å². The number of benzene rings is 3. The maximum absolute atomic E-state index is 12.4. The summed E-state index contributed by atoms with van der Waals surface area (Å²) in [6, 6.07) is 18.4. The van der Waals surface area contributed by atoms with Crippen LogP contribution < -0.4 is 20.8 Å². The Kier molecular flexibility index (Phi) is 9.35. The molecule has 0 saturated carbocycles. The van der Waals surface area contributed by atoms with Gasteiger partial charge in [-0.3, -0.25) is 14.4 Å². The molecule has 0 aliphatic carbocycles. The molecule has 0 heterocycles. The lowest BCUT2D eigenvalue weighted by Crippen LogP contribution is -2.37. The Morgan fingerprint density at radius 3 is 2.47 bits per heavy atom. The quantitative estimate of drug-likeness (QED) is 0.222. The Bertz CT molecular complexity index is 1290. The van der Waals surface area contributed by atoms with Gasteiger partial charge in [-0.2, -0.15) is 5.10 Å². The summed E-state index contributed by atoms with van der Waals surface area (Å²) in [6.07, 6.45) is 1.34. The second-order valence-corrected chi connectivity index (χ2v) is 9.05. The van der Waals surface area contributed by atoms with Crippen LogP contribution in [0.3, 0.4) is 0 Å². The molecule has 9 heteroatoms. The Balaban J connectivity index is 1.54. The molecule has 0 radical (unpaired) electrons. The molecule has 3 rings (SSSR count). The minimum Gasteiger partial charge on any atom is -0.483 e. The summed E-state index contributed by atoms with van der Waals surface area (Å²) in [4.78, 5) is 36.5. The van der Waals surface area contributed by atoms with Crippen LogP contribution in [-0.4, -0.2) is 30.5 Å². The summed E-state index contributed by atoms with van der Waals surface area (Å²) < 4.78 is 6.43. The maximum atomic E-state index is 12.4. The molecule has 0 bridgehead atoms. The molecule has 8 nitrogen and oxygen atoms in total. The minimum atomic E-state index is -0.899. The van der Waals surface area contributed by atoms with Gasteiger partial charge in [0.25, 0.3) is 5.91 Å². The zero-order valence-corrected chi connectivity index (χ0v) is 21.8. The highest BCUT2D eigenvalue weighted by molar-refractivity contribution is 9.10. The number of rotatable bonds is 8. The van der Waals surface area contributed by atoms with E-state index in [2.05, 4.69) is 37.1 Å². The molecule has 3 N–H and O–H groups in total. The van der Waals surface area contributed by atoms with Crippen LogP contribution in [0.1, 0.15) is 27.8 Å². The van der Waals surface area contributed by atoms with Crippen LogP contribution in [0.5, 0.6) is 5.75 Å². The molecule has 36 heavy (non-hydrogen) atoms. The third-order valence-electron chi connectivity index (χ3n) is 5.36. The van der Waals surface area contributed by atoms with Crippen molar-refractivity contribution in [1.29, 1.82) is 0 Å². The van der Waals surface area contributed by atoms with Crippen molar-refractivity contribution in [3.8, 4) is 5.75 Å². The lowest BCUT2D eigenvalue weighted by atomic mass is 10.1. The van der Waals surface area contributed by atoms with Gasteiger partial charge in [0.2, 0.25) is 0 Å². The van der Waals surface area contributed by atoms with Crippen molar-refractivity contribution in [1.82, 2.24) is 10.7 Å². The van der Waals surface area contributed by atoms with Crippen LogP contribution in [0, 0.1) is 20.8 Å². The highest BCUT2D eigenvalue weighted by Crippen LogP contribution is 2.22. The Labute approximate surface area is 218 Å². The number of ether oxygens (including phenoxy) is 1. The van der Waals surface area contributed by atoms with Gasteiger partial charge >= 0.3 is 11.8 Å². The van der Waals surface area contributed by atoms with E-state index in [0.717, 1.165) is 32.4 Å². The van der Waals surface area contributed by atoms with Crippen molar-refractivity contribution >= 4 is 45.6 Å². The van der Waals surface area contributed by atoms with Crippen molar-refractivity contribution in [2.24, 2.45) is 5.10 Å². The summed E-state index contributed by atoms with van der Waals surface area (Å²) in [5, 5.41) is 9.25. The van der Waals surface area contributed by atoms with E-state index in [-0.39, 0.29) is 19.1 Å². The van der Waals surface area contributed by atoms with Gasteiger partial charge in [0.15, 0.2) is 6.61 Å². The van der Waals surface area contributed by atoms with E-state index in [1.807, 2.05) is 63.2 Å². The molecule has 0 spiro atoms. The van der Waals surface area contributed by atoms with Crippen LogP contribution in [0.2, 0.25) is 0 Å². The molecule has 0 fully saturated rings. The molecule has 0 aliphatic rings. The topological polar surface area (TPSA) is 109 Å². The molecule has 0 aromatic heterocycles. The van der Waals surface area contributed by atoms with Crippen molar-refractivity contribution in [3.05, 3.63) is 93.0 Å². The molecule has 3 aromatic carbocycles. The van der Waals surface area contributed by atoms with E-state index in [1.165, 1.54) is 6.21 Å². The summed E-state index contributed by atoms with van der Waals surface area (Å²) in [5.74, 6) is -1.63. The number of amides is 3. The van der Waals surface area contributed by atoms with Crippen molar-refractivity contribution in [3.63, 3.8) is 0 Å². The van der Waals surface area contributed by atoms with Gasteiger partial charge in [0, 0.05) is 22.3 Å². The Hall–Kier alpha value is -3.98. The monoisotopic (exact) mass is 550 g/mol. The van der Waals surface area contributed by atoms with Crippen LogP contribution in [-0.2, 0) is 20.9 Å². The fourth-order valence-electron chi connectivity index (χ4n) is 3.15. The molecule has 0 unspecified atom stereocenters. The maximum Gasteiger partial charge on any atom is 0.329 e. The minimum absolute atomic E-state index is 0.219. The zero-order chi connectivity index (χ0) is 26.1. The molecular formula is C27H27BrN4O4. The zero-order valence-electron chi connectivity index (χ0n) is 20.2. The van der Waals surface area contributed by atoms with Gasteiger partial charge < -0.3 is 15.4 Å². The van der Waals surface area contributed by atoms with Crippen LogP contribution in [0.15, 0.2) is 70.2 Å². The highest BCUT2D eigenvalue weighted by Gasteiger charge is 2.13. The van der Waals surface area contributed by atoms with Crippen LogP contribution in [0.4, 0.5) is 5.69 Å². The number of carbonyl (C=O) groups excluding carboxylic acids is 3. The predicted molar refractivity (Wildman–Crippen MR) is 143 cm³/mol. The number of hydrazone groups is 1. The second-order valence-electron chi connectivity index (χ2n) is 8.13. The number of anilines is 1. The first kappa shape index (κ1) is 26.6. The van der Waals surface area contributed by atoms with Gasteiger partial charge in [-0.1, -0.05) is 57.9 Å². The molecule has 3 amide bonds. The molecule has 3 aromatic rings. The summed E-state index contributed by atoms with van der Waals surface area (Å²) >= 11 is 3.38. The molecular weight excluding hydrogens is 524 g/mol. The summed E-state index contributed by atoms with van der Waals surface area (Å²) in [7, 11) is 0. The predicted octanol–water partition coefficient (Wildman–Crippen LogP) is 4.16. The number of hydrogen-bond acceptors (Lipinski definition) is 5. The molecule has 0 saturated heterocycles. The SMILES string of the molecule is Cc1ccc(CNC(=O)C(=O)N/N=C\c2cc(Br)ccc2OCC(=O)Nc2cccc(C)c2C)cc1. The number of halogens is 1. The van der Waals surface area contributed by atoms with E-state index in [1.54, 1.807) is 18.2 Å². The van der Waals surface area contributed by atoms with Gasteiger partial charge in [-0.05, 0) is 61.7 Å². The van der Waals surface area contributed by atoms with Gasteiger partial charge in [0.05, 0.1) is 6.21 Å². The van der Waals surface area contributed by atoms with Crippen molar-refractivity contribution in [2.45, 2.75) is 27.3 Å². The Morgan fingerprint density at radius 2 is 1.72 bits per heavy atom. The lowest BCUT2D eigenvalue weighted by Gasteiger charge is -2.12. The smallest absolute Gasteiger partial charge is 0.329 e. The lowest BCUT2D eigenvalue weighted by molar-refractivity contribution is -0.139.